The van der Waals surface area contributed by atoms with Gasteiger partial charge in [-0.15, -0.1) is 10.2 Å². The number of H-pyrrole nitrogens is 1. The second-order valence-corrected chi connectivity index (χ2v) is 3.08. The standard InChI is InChI=1S/C8H5FN6O3/c9-4-2-1-3-5(15(17)18)6(4)10-8(16)7-11-13-14-12-7/h1-3H,(H,10,16)(H,11,12,13,14). The molecule has 2 N–H and O–H groups in total. The summed E-state index contributed by atoms with van der Waals surface area (Å²) in [4.78, 5) is 21.4. The van der Waals surface area contributed by atoms with E-state index in [9.17, 15) is 19.3 Å². The predicted octanol–water partition coefficient (Wildman–Crippen LogP) is 0.499. The molecule has 0 saturated carbocycles. The first kappa shape index (κ1) is 11.6. The Balaban J connectivity index is 2.34. The first-order chi connectivity index (χ1) is 8.59. The van der Waals surface area contributed by atoms with Crippen molar-refractivity contribution in [2.75, 3.05) is 5.32 Å². The molecule has 1 amide bonds. The number of anilines is 1. The quantitative estimate of drug-likeness (QED) is 0.604. The Kier molecular flexibility index (Phi) is 2.91. The van der Waals surface area contributed by atoms with E-state index in [1.54, 1.807) is 0 Å². The van der Waals surface area contributed by atoms with Crippen molar-refractivity contribution in [1.82, 2.24) is 20.6 Å². The van der Waals surface area contributed by atoms with Crippen molar-refractivity contribution < 1.29 is 14.1 Å². The van der Waals surface area contributed by atoms with Crippen LogP contribution < -0.4 is 5.32 Å². The van der Waals surface area contributed by atoms with Crippen LogP contribution in [-0.4, -0.2) is 31.5 Å². The van der Waals surface area contributed by atoms with E-state index in [0.29, 0.717) is 0 Å². The molecule has 0 aliphatic carbocycles. The van der Waals surface area contributed by atoms with E-state index in [-0.39, 0.29) is 5.82 Å². The summed E-state index contributed by atoms with van der Waals surface area (Å²) < 4.78 is 13.4. The molecule has 2 aromatic rings. The monoisotopic (exact) mass is 252 g/mol. The minimum Gasteiger partial charge on any atom is -0.311 e. The number of hydrogen-bond donors (Lipinski definition) is 2. The van der Waals surface area contributed by atoms with Crippen molar-refractivity contribution in [2.45, 2.75) is 0 Å². The lowest BCUT2D eigenvalue weighted by atomic mass is 10.2. The van der Waals surface area contributed by atoms with Crippen LogP contribution in [0.15, 0.2) is 18.2 Å². The molecule has 0 aliphatic heterocycles. The lowest BCUT2D eigenvalue weighted by Gasteiger charge is -2.04. The second kappa shape index (κ2) is 4.53. The number of tetrazole rings is 1. The van der Waals surface area contributed by atoms with Crippen LogP contribution in [0.1, 0.15) is 10.6 Å². The molecular weight excluding hydrogens is 247 g/mol. The summed E-state index contributed by atoms with van der Waals surface area (Å²) in [5.74, 6) is -2.19. The zero-order valence-corrected chi connectivity index (χ0v) is 8.62. The van der Waals surface area contributed by atoms with E-state index >= 15 is 0 Å². The summed E-state index contributed by atoms with van der Waals surface area (Å²) >= 11 is 0. The SMILES string of the molecule is O=C(Nc1c(F)cccc1[N+](=O)[O-])c1nn[nH]n1. The summed E-state index contributed by atoms with van der Waals surface area (Å²) in [5, 5.41) is 24.6. The van der Waals surface area contributed by atoms with Crippen LogP contribution in [0.25, 0.3) is 0 Å². The smallest absolute Gasteiger partial charge is 0.297 e. The van der Waals surface area contributed by atoms with E-state index in [2.05, 4.69) is 15.4 Å². The number of nitrogens with one attached hydrogen (secondary N) is 2. The van der Waals surface area contributed by atoms with Crippen LogP contribution >= 0.6 is 0 Å². The number of carbonyl (C=O) groups is 1. The maximum absolute atomic E-state index is 13.4. The fourth-order valence-corrected chi connectivity index (χ4v) is 1.22. The number of halogens is 1. The Morgan fingerprint density at radius 3 is 2.89 bits per heavy atom. The highest BCUT2D eigenvalue weighted by molar-refractivity contribution is 6.02. The molecule has 1 heterocycles. The summed E-state index contributed by atoms with van der Waals surface area (Å²) in [5.41, 5.74) is -1.11. The van der Waals surface area contributed by atoms with Gasteiger partial charge in [0, 0.05) is 6.07 Å². The van der Waals surface area contributed by atoms with E-state index in [4.69, 9.17) is 0 Å². The van der Waals surface area contributed by atoms with Crippen LogP contribution in [0.4, 0.5) is 15.8 Å². The Morgan fingerprint density at radius 2 is 2.28 bits per heavy atom. The van der Waals surface area contributed by atoms with Gasteiger partial charge in [-0.05, 0) is 11.3 Å². The summed E-state index contributed by atoms with van der Waals surface area (Å²) in [6, 6.07) is 3.21. The zero-order valence-electron chi connectivity index (χ0n) is 8.62. The number of rotatable bonds is 3. The predicted molar refractivity (Wildman–Crippen MR) is 55.2 cm³/mol. The third-order valence-electron chi connectivity index (χ3n) is 1.98. The van der Waals surface area contributed by atoms with Gasteiger partial charge < -0.3 is 5.32 Å². The molecule has 1 aromatic heterocycles. The van der Waals surface area contributed by atoms with Crippen molar-refractivity contribution in [3.05, 3.63) is 40.0 Å². The van der Waals surface area contributed by atoms with Crippen molar-refractivity contribution in [3.8, 4) is 0 Å². The van der Waals surface area contributed by atoms with Gasteiger partial charge in [0.2, 0.25) is 0 Å². The molecular formula is C8H5FN6O3. The van der Waals surface area contributed by atoms with Crippen LogP contribution in [0.2, 0.25) is 0 Å². The van der Waals surface area contributed by atoms with Gasteiger partial charge in [0.05, 0.1) is 4.92 Å². The van der Waals surface area contributed by atoms with E-state index < -0.39 is 28.0 Å². The first-order valence-corrected chi connectivity index (χ1v) is 4.57. The van der Waals surface area contributed by atoms with Crippen LogP contribution in [-0.2, 0) is 0 Å². The van der Waals surface area contributed by atoms with Gasteiger partial charge in [0.15, 0.2) is 11.5 Å². The highest BCUT2D eigenvalue weighted by Gasteiger charge is 2.21. The largest absolute Gasteiger partial charge is 0.311 e. The summed E-state index contributed by atoms with van der Waals surface area (Å²) in [6.45, 7) is 0. The lowest BCUT2D eigenvalue weighted by Crippen LogP contribution is -2.16. The number of benzene rings is 1. The van der Waals surface area contributed by atoms with Gasteiger partial charge in [0.1, 0.15) is 0 Å². The third-order valence-corrected chi connectivity index (χ3v) is 1.98. The number of nitro benzene ring substituents is 1. The fraction of sp³-hybridized carbons (Fsp3) is 0. The molecule has 0 atom stereocenters. The third kappa shape index (κ3) is 2.11. The Labute approximate surface area is 98.2 Å². The minimum absolute atomic E-state index is 0.354. The Hall–Kier alpha value is -2.91. The minimum atomic E-state index is -0.930. The van der Waals surface area contributed by atoms with Crippen molar-refractivity contribution in [1.29, 1.82) is 0 Å². The average molecular weight is 252 g/mol. The molecule has 18 heavy (non-hydrogen) atoms. The Morgan fingerprint density at radius 1 is 1.50 bits per heavy atom. The second-order valence-electron chi connectivity index (χ2n) is 3.08. The molecule has 0 aliphatic rings. The molecule has 0 spiro atoms. The molecule has 2 rings (SSSR count). The van der Waals surface area contributed by atoms with Crippen molar-refractivity contribution in [2.24, 2.45) is 0 Å². The highest BCUT2D eigenvalue weighted by Crippen LogP contribution is 2.27. The number of carbonyl (C=O) groups excluding carboxylic acids is 1. The van der Waals surface area contributed by atoms with Crippen molar-refractivity contribution >= 4 is 17.3 Å². The molecule has 9 nitrogen and oxygen atoms in total. The molecule has 92 valence electrons. The summed E-state index contributed by atoms with van der Waals surface area (Å²) in [6.07, 6.45) is 0. The van der Waals surface area contributed by atoms with Gasteiger partial charge in [-0.25, -0.2) is 4.39 Å². The fourth-order valence-electron chi connectivity index (χ4n) is 1.22. The number of nitrogens with zero attached hydrogens (tertiary/aromatic N) is 4. The van der Waals surface area contributed by atoms with Gasteiger partial charge in [-0.2, -0.15) is 5.21 Å². The molecule has 0 radical (unpaired) electrons. The van der Waals surface area contributed by atoms with Gasteiger partial charge in [-0.3, -0.25) is 14.9 Å². The number of nitro groups is 1. The van der Waals surface area contributed by atoms with Gasteiger partial charge in [-0.1, -0.05) is 6.07 Å². The highest BCUT2D eigenvalue weighted by atomic mass is 19.1. The summed E-state index contributed by atoms with van der Waals surface area (Å²) in [7, 11) is 0. The number of amides is 1. The number of para-hydroxylation sites is 1. The Bertz CT molecular complexity index is 599. The van der Waals surface area contributed by atoms with Crippen LogP contribution in [0.5, 0.6) is 0 Å². The topological polar surface area (TPSA) is 127 Å². The van der Waals surface area contributed by atoms with Crippen molar-refractivity contribution in [3.63, 3.8) is 0 Å². The number of hydrogen-bond acceptors (Lipinski definition) is 6. The molecule has 10 heteroatoms. The molecule has 0 unspecified atom stereocenters. The normalized spacial score (nSPS) is 10.1. The van der Waals surface area contributed by atoms with Crippen LogP contribution in [0, 0.1) is 15.9 Å². The van der Waals surface area contributed by atoms with Gasteiger partial charge >= 0.3 is 0 Å². The maximum Gasteiger partial charge on any atom is 0.297 e. The van der Waals surface area contributed by atoms with E-state index in [1.165, 1.54) is 0 Å². The maximum atomic E-state index is 13.4. The average Bonchev–Trinajstić information content (AvgIpc) is 2.85. The van der Waals surface area contributed by atoms with E-state index in [0.717, 1.165) is 18.2 Å². The number of aromatic amines is 1. The first-order valence-electron chi connectivity index (χ1n) is 4.57. The zero-order chi connectivity index (χ0) is 13.1. The molecule has 0 fully saturated rings. The lowest BCUT2D eigenvalue weighted by molar-refractivity contribution is -0.384. The van der Waals surface area contributed by atoms with Gasteiger partial charge in [0.25, 0.3) is 17.4 Å². The molecule has 1 aromatic carbocycles. The number of aromatic nitrogens is 4. The van der Waals surface area contributed by atoms with Crippen LogP contribution in [0.3, 0.4) is 0 Å². The van der Waals surface area contributed by atoms with E-state index in [1.807, 2.05) is 10.5 Å². The molecule has 0 bridgehead atoms. The molecule has 0 saturated heterocycles.